The van der Waals surface area contributed by atoms with Gasteiger partial charge in [-0.2, -0.15) is 0 Å². The van der Waals surface area contributed by atoms with Crippen molar-refractivity contribution in [2.24, 2.45) is 0 Å². The molecule has 1 aromatic carbocycles. The first kappa shape index (κ1) is 14.4. The van der Waals surface area contributed by atoms with Gasteiger partial charge in [0, 0.05) is 25.3 Å². The third kappa shape index (κ3) is 4.26. The summed E-state index contributed by atoms with van der Waals surface area (Å²) in [4.78, 5) is 11.8. The maximum atomic E-state index is 11.8. The number of benzene rings is 1. The van der Waals surface area contributed by atoms with Crippen LogP contribution >= 0.6 is 0 Å². The minimum atomic E-state index is 0.0794. The highest BCUT2D eigenvalue weighted by Crippen LogP contribution is 2.17. The average Bonchev–Trinajstić information content (AvgIpc) is 3.00. The summed E-state index contributed by atoms with van der Waals surface area (Å²) >= 11 is 0. The van der Waals surface area contributed by atoms with E-state index < -0.39 is 0 Å². The van der Waals surface area contributed by atoms with E-state index in [0.717, 1.165) is 12.2 Å². The molecule has 0 spiro atoms. The van der Waals surface area contributed by atoms with Crippen molar-refractivity contribution >= 4 is 5.91 Å². The molecule has 0 unspecified atom stereocenters. The molecule has 1 amide bonds. The zero-order valence-corrected chi connectivity index (χ0v) is 11.8. The minimum Gasteiger partial charge on any atom is -0.469 e. The lowest BCUT2D eigenvalue weighted by Crippen LogP contribution is -2.28. The highest BCUT2D eigenvalue weighted by atomic mass is 16.3. The number of nitrogens with one attached hydrogen (secondary N) is 1. The fourth-order valence-corrected chi connectivity index (χ4v) is 2.24. The summed E-state index contributed by atoms with van der Waals surface area (Å²) in [5, 5.41) is 3.01. The Morgan fingerprint density at radius 2 is 2.00 bits per heavy atom. The molecule has 106 valence electrons. The molecule has 3 heteroatoms. The number of carbonyl (C=O) groups is 1. The molecule has 3 nitrogen and oxygen atoms in total. The van der Waals surface area contributed by atoms with Crippen LogP contribution in [0.15, 0.2) is 53.1 Å². The van der Waals surface area contributed by atoms with Crippen molar-refractivity contribution < 1.29 is 9.21 Å². The number of furan rings is 1. The van der Waals surface area contributed by atoms with Crippen molar-refractivity contribution in [1.82, 2.24) is 5.32 Å². The van der Waals surface area contributed by atoms with E-state index >= 15 is 0 Å². The van der Waals surface area contributed by atoms with Gasteiger partial charge in [-0.3, -0.25) is 4.79 Å². The second kappa shape index (κ2) is 7.53. The fraction of sp³-hybridized carbons (Fsp3) is 0.353. The number of aryl methyl sites for hydroxylation is 1. The maximum absolute atomic E-state index is 11.8. The molecule has 1 N–H and O–H groups in total. The van der Waals surface area contributed by atoms with Gasteiger partial charge in [0.15, 0.2) is 0 Å². The Morgan fingerprint density at radius 3 is 2.65 bits per heavy atom. The first-order chi connectivity index (χ1) is 9.79. The topological polar surface area (TPSA) is 42.2 Å². The molecule has 0 aliphatic rings. The molecule has 2 aromatic rings. The molecule has 2 rings (SSSR count). The van der Waals surface area contributed by atoms with Crippen molar-refractivity contribution in [1.29, 1.82) is 0 Å². The largest absolute Gasteiger partial charge is 0.469 e. The van der Waals surface area contributed by atoms with E-state index in [1.54, 1.807) is 6.26 Å². The van der Waals surface area contributed by atoms with E-state index in [1.165, 1.54) is 5.56 Å². The Bertz CT molecular complexity index is 505. The monoisotopic (exact) mass is 271 g/mol. The van der Waals surface area contributed by atoms with Crippen LogP contribution < -0.4 is 5.32 Å². The van der Waals surface area contributed by atoms with Crippen molar-refractivity contribution in [3.05, 3.63) is 60.1 Å². The van der Waals surface area contributed by atoms with Crippen LogP contribution in [0.5, 0.6) is 0 Å². The highest BCUT2D eigenvalue weighted by Gasteiger charge is 2.11. The third-order valence-electron chi connectivity index (χ3n) is 3.49. The van der Waals surface area contributed by atoms with Crippen LogP contribution in [0.2, 0.25) is 0 Å². The van der Waals surface area contributed by atoms with E-state index in [4.69, 9.17) is 4.42 Å². The third-order valence-corrected chi connectivity index (χ3v) is 3.49. The molecular formula is C17H21NO2. The lowest BCUT2D eigenvalue weighted by molar-refractivity contribution is -0.121. The van der Waals surface area contributed by atoms with Crippen molar-refractivity contribution in [3.8, 4) is 0 Å². The average molecular weight is 271 g/mol. The number of carbonyl (C=O) groups excluding carboxylic acids is 1. The van der Waals surface area contributed by atoms with E-state index in [0.29, 0.717) is 25.3 Å². The summed E-state index contributed by atoms with van der Waals surface area (Å²) in [6.45, 7) is 2.84. The van der Waals surface area contributed by atoms with Gasteiger partial charge < -0.3 is 9.73 Å². The molecule has 0 saturated carbocycles. The lowest BCUT2D eigenvalue weighted by Gasteiger charge is -2.16. The van der Waals surface area contributed by atoms with E-state index in [2.05, 4.69) is 24.4 Å². The normalized spacial score (nSPS) is 12.1. The van der Waals surface area contributed by atoms with Gasteiger partial charge >= 0.3 is 0 Å². The minimum absolute atomic E-state index is 0.0794. The molecule has 0 aliphatic heterocycles. The zero-order valence-electron chi connectivity index (χ0n) is 11.8. The van der Waals surface area contributed by atoms with Crippen molar-refractivity contribution in [2.75, 3.05) is 6.54 Å². The predicted molar refractivity (Wildman–Crippen MR) is 79.5 cm³/mol. The first-order valence-electron chi connectivity index (χ1n) is 7.13. The van der Waals surface area contributed by atoms with Gasteiger partial charge in [-0.05, 0) is 24.1 Å². The summed E-state index contributed by atoms with van der Waals surface area (Å²) in [6, 6.07) is 14.1. The van der Waals surface area contributed by atoms with Crippen molar-refractivity contribution in [3.63, 3.8) is 0 Å². The van der Waals surface area contributed by atoms with Crippen LogP contribution in [0.3, 0.4) is 0 Å². The molecule has 0 bridgehead atoms. The maximum Gasteiger partial charge on any atom is 0.220 e. The summed E-state index contributed by atoms with van der Waals surface area (Å²) in [5.74, 6) is 1.31. The smallest absolute Gasteiger partial charge is 0.220 e. The summed E-state index contributed by atoms with van der Waals surface area (Å²) in [5.41, 5.74) is 1.28. The molecule has 1 heterocycles. The molecule has 0 saturated heterocycles. The molecule has 0 radical (unpaired) electrons. The van der Waals surface area contributed by atoms with Crippen LogP contribution in [0, 0.1) is 0 Å². The summed E-state index contributed by atoms with van der Waals surface area (Å²) in [6.07, 6.45) is 3.78. The Morgan fingerprint density at radius 1 is 1.20 bits per heavy atom. The van der Waals surface area contributed by atoms with Gasteiger partial charge in [0.25, 0.3) is 0 Å². The first-order valence-corrected chi connectivity index (χ1v) is 7.13. The van der Waals surface area contributed by atoms with E-state index in [-0.39, 0.29) is 5.91 Å². The van der Waals surface area contributed by atoms with E-state index in [1.807, 2.05) is 30.3 Å². The van der Waals surface area contributed by atoms with Crippen LogP contribution in [-0.2, 0) is 11.2 Å². The Hall–Kier alpha value is -2.03. The van der Waals surface area contributed by atoms with Crippen LogP contribution in [0.4, 0.5) is 0 Å². The lowest BCUT2D eigenvalue weighted by atomic mass is 9.96. The zero-order chi connectivity index (χ0) is 14.2. The van der Waals surface area contributed by atoms with E-state index in [9.17, 15) is 4.79 Å². The van der Waals surface area contributed by atoms with Gasteiger partial charge in [-0.15, -0.1) is 0 Å². The van der Waals surface area contributed by atoms with Crippen LogP contribution in [-0.4, -0.2) is 12.5 Å². The second-order valence-electron chi connectivity index (χ2n) is 4.90. The molecule has 1 atom stereocenters. The van der Waals surface area contributed by atoms with Crippen LogP contribution in [0.25, 0.3) is 0 Å². The molecular weight excluding hydrogens is 250 g/mol. The van der Waals surface area contributed by atoms with Crippen LogP contribution in [0.1, 0.15) is 37.0 Å². The SMILES string of the molecule is CC[C@H](CNC(=O)CCc1ccco1)c1ccccc1. The number of rotatable bonds is 7. The van der Waals surface area contributed by atoms with Gasteiger partial charge in [-0.1, -0.05) is 37.3 Å². The molecule has 1 aromatic heterocycles. The summed E-state index contributed by atoms with van der Waals surface area (Å²) < 4.78 is 5.22. The molecule has 0 aliphatic carbocycles. The van der Waals surface area contributed by atoms with Crippen molar-refractivity contribution in [2.45, 2.75) is 32.1 Å². The van der Waals surface area contributed by atoms with Gasteiger partial charge in [-0.25, -0.2) is 0 Å². The van der Waals surface area contributed by atoms with Gasteiger partial charge in [0.05, 0.1) is 6.26 Å². The number of amides is 1. The Labute approximate surface area is 120 Å². The predicted octanol–water partition coefficient (Wildman–Crippen LogP) is 3.52. The Balaban J connectivity index is 1.77. The van der Waals surface area contributed by atoms with Gasteiger partial charge in [0.1, 0.15) is 5.76 Å². The Kier molecular flexibility index (Phi) is 5.42. The molecule has 20 heavy (non-hydrogen) atoms. The standard InChI is InChI=1S/C17H21NO2/c1-2-14(15-7-4-3-5-8-15)13-18-17(19)11-10-16-9-6-12-20-16/h3-9,12,14H,2,10-11,13H2,1H3,(H,18,19)/t14-/m1/s1. The second-order valence-corrected chi connectivity index (χ2v) is 4.90. The number of hydrogen-bond acceptors (Lipinski definition) is 2. The fourth-order valence-electron chi connectivity index (χ4n) is 2.24. The summed E-state index contributed by atoms with van der Waals surface area (Å²) in [7, 11) is 0. The highest BCUT2D eigenvalue weighted by molar-refractivity contribution is 5.76. The van der Waals surface area contributed by atoms with Gasteiger partial charge in [0.2, 0.25) is 5.91 Å². The number of hydrogen-bond donors (Lipinski definition) is 1. The molecule has 0 fully saturated rings. The quantitative estimate of drug-likeness (QED) is 0.837.